The van der Waals surface area contributed by atoms with Gasteiger partial charge in [-0.1, -0.05) is 42.5 Å². The van der Waals surface area contributed by atoms with Crippen molar-refractivity contribution in [3.8, 4) is 22.6 Å². The number of benzene rings is 3. The van der Waals surface area contributed by atoms with Crippen LogP contribution in [0, 0.1) is 0 Å². The summed E-state index contributed by atoms with van der Waals surface area (Å²) >= 11 is 0. The highest BCUT2D eigenvalue weighted by Crippen LogP contribution is 2.28. The maximum absolute atomic E-state index is 5.89. The van der Waals surface area contributed by atoms with Gasteiger partial charge in [-0.2, -0.15) is 0 Å². The van der Waals surface area contributed by atoms with Crippen LogP contribution >= 0.6 is 0 Å². The predicted molar refractivity (Wildman–Crippen MR) is 94.4 cm³/mol. The number of aromatic nitrogens is 1. The Morgan fingerprint density at radius 2 is 1.48 bits per heavy atom. The molecule has 0 amide bonds. The monoisotopic (exact) mass is 300 g/mol. The molecule has 0 atom stereocenters. The van der Waals surface area contributed by atoms with Gasteiger partial charge < -0.3 is 9.73 Å². The predicted octanol–water partition coefficient (Wildman–Crippen LogP) is 5.20. The Hall–Kier alpha value is -3.07. The van der Waals surface area contributed by atoms with Gasteiger partial charge in [-0.3, -0.25) is 0 Å². The number of nitrogens with one attached hydrogen (secondary N) is 1. The number of nitrogens with zero attached hydrogens (tertiary/aromatic N) is 1. The smallest absolute Gasteiger partial charge is 0.227 e. The Bertz CT molecular complexity index is 940. The molecule has 0 radical (unpaired) electrons. The molecule has 3 heteroatoms. The Kier molecular flexibility index (Phi) is 3.31. The molecule has 1 aromatic heterocycles. The number of fused-ring (bicyclic) bond motifs is 1. The first-order valence-corrected chi connectivity index (χ1v) is 7.58. The van der Waals surface area contributed by atoms with Crippen LogP contribution in [0.4, 0.5) is 5.69 Å². The van der Waals surface area contributed by atoms with Gasteiger partial charge in [0, 0.05) is 24.4 Å². The molecule has 1 heterocycles. The highest BCUT2D eigenvalue weighted by molar-refractivity contribution is 5.80. The van der Waals surface area contributed by atoms with E-state index in [1.165, 1.54) is 11.1 Å². The second-order valence-corrected chi connectivity index (χ2v) is 5.39. The Balaban J connectivity index is 1.70. The summed E-state index contributed by atoms with van der Waals surface area (Å²) < 4.78 is 5.89. The molecule has 0 aliphatic heterocycles. The topological polar surface area (TPSA) is 38.1 Å². The number of oxazole rings is 1. The minimum atomic E-state index is 0.646. The van der Waals surface area contributed by atoms with Crippen molar-refractivity contribution in [2.75, 3.05) is 12.4 Å². The molecule has 112 valence electrons. The number of rotatable bonds is 3. The van der Waals surface area contributed by atoms with Crippen molar-refractivity contribution >= 4 is 16.8 Å². The number of anilines is 1. The quantitative estimate of drug-likeness (QED) is 0.565. The molecule has 0 aliphatic carbocycles. The lowest BCUT2D eigenvalue weighted by atomic mass is 10.0. The Labute approximate surface area is 134 Å². The van der Waals surface area contributed by atoms with Gasteiger partial charge in [-0.15, -0.1) is 0 Å². The van der Waals surface area contributed by atoms with Gasteiger partial charge in [0.1, 0.15) is 5.52 Å². The number of hydrogen-bond acceptors (Lipinski definition) is 3. The van der Waals surface area contributed by atoms with Crippen LogP contribution in [-0.2, 0) is 0 Å². The first kappa shape index (κ1) is 13.6. The molecule has 0 fully saturated rings. The Morgan fingerprint density at radius 1 is 0.783 bits per heavy atom. The van der Waals surface area contributed by atoms with Crippen LogP contribution < -0.4 is 5.32 Å². The third-order valence-electron chi connectivity index (χ3n) is 3.92. The van der Waals surface area contributed by atoms with Gasteiger partial charge in [0.2, 0.25) is 5.89 Å². The zero-order chi connectivity index (χ0) is 15.6. The van der Waals surface area contributed by atoms with Crippen LogP contribution in [0.2, 0.25) is 0 Å². The van der Waals surface area contributed by atoms with Crippen molar-refractivity contribution in [3.63, 3.8) is 0 Å². The molecule has 4 rings (SSSR count). The highest BCUT2D eigenvalue weighted by Gasteiger charge is 2.09. The molecule has 0 saturated carbocycles. The van der Waals surface area contributed by atoms with Crippen molar-refractivity contribution in [1.82, 2.24) is 4.98 Å². The molecular formula is C20H16N2O. The van der Waals surface area contributed by atoms with E-state index in [1.807, 2.05) is 55.6 Å². The standard InChI is InChI=1S/C20H16N2O/c1-21-17-11-12-18-19(13-17)23-20(22-18)16-9-7-15(8-10-16)14-5-3-2-4-6-14/h2-13,21H,1H3. The van der Waals surface area contributed by atoms with E-state index in [0.29, 0.717) is 5.89 Å². The maximum atomic E-state index is 5.89. The zero-order valence-electron chi connectivity index (χ0n) is 12.8. The van der Waals surface area contributed by atoms with Gasteiger partial charge in [0.05, 0.1) is 0 Å². The summed E-state index contributed by atoms with van der Waals surface area (Å²) in [5, 5.41) is 3.11. The van der Waals surface area contributed by atoms with E-state index < -0.39 is 0 Å². The second kappa shape index (κ2) is 5.61. The van der Waals surface area contributed by atoms with Crippen LogP contribution in [0.1, 0.15) is 0 Å². The van der Waals surface area contributed by atoms with E-state index in [-0.39, 0.29) is 0 Å². The molecule has 0 aliphatic rings. The van der Waals surface area contributed by atoms with Crippen LogP contribution in [0.3, 0.4) is 0 Å². The number of hydrogen-bond donors (Lipinski definition) is 1. The minimum Gasteiger partial charge on any atom is -0.436 e. The minimum absolute atomic E-state index is 0.646. The molecule has 4 aromatic rings. The molecule has 23 heavy (non-hydrogen) atoms. The molecule has 0 saturated heterocycles. The van der Waals surface area contributed by atoms with Crippen molar-refractivity contribution in [1.29, 1.82) is 0 Å². The first-order valence-electron chi connectivity index (χ1n) is 7.58. The van der Waals surface area contributed by atoms with E-state index in [0.717, 1.165) is 22.4 Å². The van der Waals surface area contributed by atoms with Crippen LogP contribution in [0.15, 0.2) is 77.2 Å². The largest absolute Gasteiger partial charge is 0.436 e. The molecular weight excluding hydrogens is 284 g/mol. The molecule has 0 bridgehead atoms. The molecule has 0 spiro atoms. The second-order valence-electron chi connectivity index (χ2n) is 5.39. The summed E-state index contributed by atoms with van der Waals surface area (Å²) in [6.45, 7) is 0. The average Bonchev–Trinajstić information content (AvgIpc) is 3.05. The SMILES string of the molecule is CNc1ccc2nc(-c3ccc(-c4ccccc4)cc3)oc2c1. The fourth-order valence-electron chi connectivity index (χ4n) is 2.64. The fourth-order valence-corrected chi connectivity index (χ4v) is 2.64. The van der Waals surface area contributed by atoms with E-state index in [2.05, 4.69) is 34.6 Å². The van der Waals surface area contributed by atoms with E-state index in [1.54, 1.807) is 0 Å². The van der Waals surface area contributed by atoms with Crippen molar-refractivity contribution in [2.45, 2.75) is 0 Å². The van der Waals surface area contributed by atoms with Crippen molar-refractivity contribution < 1.29 is 4.42 Å². The van der Waals surface area contributed by atoms with E-state index in [9.17, 15) is 0 Å². The third kappa shape index (κ3) is 2.57. The Morgan fingerprint density at radius 3 is 2.22 bits per heavy atom. The van der Waals surface area contributed by atoms with Crippen LogP contribution in [0.25, 0.3) is 33.7 Å². The average molecular weight is 300 g/mol. The maximum Gasteiger partial charge on any atom is 0.227 e. The van der Waals surface area contributed by atoms with Gasteiger partial charge in [-0.25, -0.2) is 4.98 Å². The lowest BCUT2D eigenvalue weighted by molar-refractivity contribution is 0.620. The summed E-state index contributed by atoms with van der Waals surface area (Å²) in [4.78, 5) is 4.57. The molecule has 3 aromatic carbocycles. The summed E-state index contributed by atoms with van der Waals surface area (Å²) in [5.74, 6) is 0.646. The normalized spacial score (nSPS) is 10.8. The summed E-state index contributed by atoms with van der Waals surface area (Å²) in [6, 6.07) is 24.5. The van der Waals surface area contributed by atoms with Crippen molar-refractivity contribution in [3.05, 3.63) is 72.8 Å². The van der Waals surface area contributed by atoms with Crippen molar-refractivity contribution in [2.24, 2.45) is 0 Å². The fraction of sp³-hybridized carbons (Fsp3) is 0.0500. The molecule has 3 nitrogen and oxygen atoms in total. The third-order valence-corrected chi connectivity index (χ3v) is 3.92. The summed E-state index contributed by atoms with van der Waals surface area (Å²) in [6.07, 6.45) is 0. The summed E-state index contributed by atoms with van der Waals surface area (Å²) in [5.41, 5.74) is 6.04. The van der Waals surface area contributed by atoms with Gasteiger partial charge in [0.25, 0.3) is 0 Å². The van der Waals surface area contributed by atoms with Crippen LogP contribution in [-0.4, -0.2) is 12.0 Å². The van der Waals surface area contributed by atoms with E-state index >= 15 is 0 Å². The van der Waals surface area contributed by atoms with Crippen LogP contribution in [0.5, 0.6) is 0 Å². The van der Waals surface area contributed by atoms with Gasteiger partial charge in [0.15, 0.2) is 5.58 Å². The van der Waals surface area contributed by atoms with E-state index in [4.69, 9.17) is 4.42 Å². The molecule has 0 unspecified atom stereocenters. The lowest BCUT2D eigenvalue weighted by Gasteiger charge is -2.02. The highest BCUT2D eigenvalue weighted by atomic mass is 16.3. The lowest BCUT2D eigenvalue weighted by Crippen LogP contribution is -1.85. The molecule has 1 N–H and O–H groups in total. The zero-order valence-corrected chi connectivity index (χ0v) is 12.8. The first-order chi connectivity index (χ1) is 11.3. The van der Waals surface area contributed by atoms with Gasteiger partial charge >= 0.3 is 0 Å². The summed E-state index contributed by atoms with van der Waals surface area (Å²) in [7, 11) is 1.89. The van der Waals surface area contributed by atoms with Gasteiger partial charge in [-0.05, 0) is 35.4 Å².